The minimum absolute atomic E-state index is 0.0762. The zero-order chi connectivity index (χ0) is 54.7. The van der Waals surface area contributed by atoms with Crippen molar-refractivity contribution in [3.05, 3.63) is 41.9 Å². The van der Waals surface area contributed by atoms with Crippen molar-refractivity contribution >= 4 is 17.7 Å². The number of imidazole rings is 2. The van der Waals surface area contributed by atoms with Gasteiger partial charge in [0.1, 0.15) is 30.4 Å². The van der Waals surface area contributed by atoms with Gasteiger partial charge in [-0.25, -0.2) is 9.97 Å². The first-order valence-corrected chi connectivity index (χ1v) is 27.9. The molecule has 0 bridgehead atoms. The van der Waals surface area contributed by atoms with Crippen molar-refractivity contribution in [1.29, 1.82) is 0 Å². The smallest absolute Gasteiger partial charge is 0.310 e. The molecular formula is C55H86N8O13. The number of carboxylic acids is 1. The van der Waals surface area contributed by atoms with E-state index in [-0.39, 0.29) is 43.3 Å². The molecule has 4 saturated carbocycles. The van der Waals surface area contributed by atoms with Gasteiger partial charge in [0.15, 0.2) is 6.29 Å². The van der Waals surface area contributed by atoms with Crippen molar-refractivity contribution in [2.45, 2.75) is 147 Å². The van der Waals surface area contributed by atoms with Crippen LogP contribution in [0, 0.1) is 85.8 Å². The molecular weight excluding hydrogens is 981 g/mol. The van der Waals surface area contributed by atoms with Gasteiger partial charge in [-0.2, -0.15) is 0 Å². The molecule has 0 radical (unpaired) electrons. The molecule has 21 nitrogen and oxygen atoms in total. The average Bonchev–Trinajstić information content (AvgIpc) is 3.79. The van der Waals surface area contributed by atoms with Gasteiger partial charge < -0.3 is 87.1 Å². The van der Waals surface area contributed by atoms with Gasteiger partial charge in [-0.15, -0.1) is 0 Å². The molecule has 76 heavy (non-hydrogen) atoms. The number of amides is 1. The molecule has 1 amide bonds. The Morgan fingerprint density at radius 1 is 0.987 bits per heavy atom. The number of aromatic nitrogens is 4. The number of aliphatic hydroxyl groups excluding tert-OH is 8. The third-order valence-electron chi connectivity index (χ3n) is 23.0. The zero-order valence-corrected chi connectivity index (χ0v) is 44.9. The summed E-state index contributed by atoms with van der Waals surface area (Å²) in [5, 5.41) is 113. The Morgan fingerprint density at radius 2 is 1.75 bits per heavy atom. The standard InChI is InChI=1S/C55H86N8O13/c1-50(22-65)11-12-55(49(73)74)33(16-50)30-7-8-39-52(3,54(30,5)31-15-35-46(62-25-61-35)59-18-34(31)55)10-9-38-51(2,23-66)44(76-48-43(70)42(69)37(67)21-75-48)41(68)32(53(38,39)4)14-27-29(20-64)47(72)63-40(27)28(36-19-58-24-60-36)13-26(17-57-6)45(56)71/h7,19,24-29,31-34,37-45,48,57,59,64-71H,8-18,20-23,56H2,1-6H3,(H,58,60)(H,61,62)(H,63,72)(H,73,74). The molecule has 8 aliphatic rings. The molecule has 0 aromatic carbocycles. The largest absolute Gasteiger partial charge is 0.481 e. The van der Waals surface area contributed by atoms with Crippen LogP contribution in [0.4, 0.5) is 5.82 Å². The number of ether oxygens (including phenoxy) is 2. The highest BCUT2D eigenvalue weighted by atomic mass is 16.7. The van der Waals surface area contributed by atoms with E-state index in [0.717, 1.165) is 11.3 Å². The number of nitrogens with zero attached hydrogens (tertiary/aromatic N) is 2. The molecule has 2 aromatic rings. The number of aromatic amines is 2. The summed E-state index contributed by atoms with van der Waals surface area (Å²) < 4.78 is 12.6. The highest BCUT2D eigenvalue weighted by Gasteiger charge is 2.77. The number of H-pyrrole nitrogens is 2. The van der Waals surface area contributed by atoms with Crippen LogP contribution >= 0.6 is 0 Å². The van der Waals surface area contributed by atoms with E-state index in [1.165, 1.54) is 0 Å². The number of hydrogen-bond donors (Lipinski definition) is 15. The Hall–Kier alpha value is -3.58. The molecule has 5 aliphatic carbocycles. The molecule has 3 aliphatic heterocycles. The van der Waals surface area contributed by atoms with Crippen LogP contribution in [-0.4, -0.2) is 173 Å². The number of aliphatic carboxylic acids is 1. The summed E-state index contributed by atoms with van der Waals surface area (Å²) in [5.41, 5.74) is 3.87. The maximum absolute atomic E-state index is 14.4. The summed E-state index contributed by atoms with van der Waals surface area (Å²) in [6.45, 7) is 10.2. The number of allylic oxidation sites excluding steroid dienone is 2. The molecule has 5 heterocycles. The van der Waals surface area contributed by atoms with E-state index in [9.17, 15) is 55.5 Å². The van der Waals surface area contributed by atoms with Crippen LogP contribution < -0.4 is 21.7 Å². The molecule has 21 heteroatoms. The summed E-state index contributed by atoms with van der Waals surface area (Å²) in [4.78, 5) is 44.4. The first kappa shape index (κ1) is 55.7. The Labute approximate surface area is 444 Å². The first-order chi connectivity index (χ1) is 36.0. The Bertz CT molecular complexity index is 2460. The maximum atomic E-state index is 14.4. The van der Waals surface area contributed by atoms with E-state index >= 15 is 0 Å². The van der Waals surface area contributed by atoms with E-state index in [2.05, 4.69) is 69.7 Å². The lowest BCUT2D eigenvalue weighted by molar-refractivity contribution is -0.341. The van der Waals surface area contributed by atoms with E-state index in [1.54, 1.807) is 25.9 Å². The molecule has 10 rings (SSSR count). The third-order valence-corrected chi connectivity index (χ3v) is 23.0. The normalized spacial score (nSPS) is 47.0. The second-order valence-electron chi connectivity index (χ2n) is 26.1. The number of aliphatic hydroxyl groups is 8. The fraction of sp³-hybridized carbons (Fsp3) is 0.818. The lowest BCUT2D eigenvalue weighted by Crippen LogP contribution is -2.74. The Kier molecular flexibility index (Phi) is 14.8. The van der Waals surface area contributed by atoms with Crippen molar-refractivity contribution < 1.29 is 65.0 Å². The lowest BCUT2D eigenvalue weighted by atomic mass is 9.29. The van der Waals surface area contributed by atoms with Crippen LogP contribution in [0.3, 0.4) is 0 Å². The summed E-state index contributed by atoms with van der Waals surface area (Å²) in [7, 11) is 1.77. The molecule has 16 N–H and O–H groups in total. The van der Waals surface area contributed by atoms with Crippen LogP contribution in [-0.2, 0) is 25.5 Å². The fourth-order valence-electron chi connectivity index (χ4n) is 18.8. The summed E-state index contributed by atoms with van der Waals surface area (Å²) in [6, 6.07) is -0.661. The van der Waals surface area contributed by atoms with Gasteiger partial charge >= 0.3 is 5.97 Å². The van der Waals surface area contributed by atoms with Crippen molar-refractivity contribution in [3.63, 3.8) is 0 Å². The van der Waals surface area contributed by atoms with Crippen LogP contribution in [0.15, 0.2) is 30.5 Å². The second-order valence-corrected chi connectivity index (χ2v) is 26.1. The van der Waals surface area contributed by atoms with Crippen LogP contribution in [0.5, 0.6) is 0 Å². The predicted octanol–water partition coefficient (Wildman–Crippen LogP) is 0.805. The minimum atomic E-state index is -1.70. The van der Waals surface area contributed by atoms with E-state index in [1.807, 2.05) is 6.92 Å². The zero-order valence-electron chi connectivity index (χ0n) is 44.9. The molecule has 0 spiro atoms. The lowest BCUT2D eigenvalue weighted by Gasteiger charge is -2.75. The van der Waals surface area contributed by atoms with Crippen LogP contribution in [0.25, 0.3) is 0 Å². The van der Waals surface area contributed by atoms with Crippen LogP contribution in [0.1, 0.15) is 103 Å². The van der Waals surface area contributed by atoms with E-state index in [4.69, 9.17) is 15.2 Å². The van der Waals surface area contributed by atoms with Gasteiger partial charge in [0.05, 0.1) is 61.7 Å². The predicted molar refractivity (Wildman–Crippen MR) is 275 cm³/mol. The second kappa shape index (κ2) is 20.2. The summed E-state index contributed by atoms with van der Waals surface area (Å²) in [5.74, 6) is -5.38. The third kappa shape index (κ3) is 8.12. The number of anilines is 1. The van der Waals surface area contributed by atoms with Crippen molar-refractivity contribution in [2.24, 2.45) is 91.5 Å². The Morgan fingerprint density at radius 3 is 2.41 bits per heavy atom. The van der Waals surface area contributed by atoms with Crippen molar-refractivity contribution in [3.8, 4) is 0 Å². The fourth-order valence-corrected chi connectivity index (χ4v) is 18.8. The van der Waals surface area contributed by atoms with Crippen molar-refractivity contribution in [2.75, 3.05) is 51.9 Å². The number of fused-ring (bicyclic) bond motifs is 11. The number of carboxylic acid groups (broad SMARTS) is 1. The number of carbonyl (C=O) groups is 2. The molecule has 24 unspecified atom stereocenters. The van der Waals surface area contributed by atoms with Gasteiger partial charge in [-0.3, -0.25) is 9.59 Å². The van der Waals surface area contributed by atoms with Gasteiger partial charge in [0, 0.05) is 54.9 Å². The summed E-state index contributed by atoms with van der Waals surface area (Å²) in [6.07, 6.45) is 1.31. The van der Waals surface area contributed by atoms with Gasteiger partial charge in [-0.1, -0.05) is 46.3 Å². The topological polar surface area (TPSA) is 354 Å². The first-order valence-electron chi connectivity index (χ1n) is 27.9. The molecule has 2 aromatic heterocycles. The van der Waals surface area contributed by atoms with Gasteiger partial charge in [0.25, 0.3) is 0 Å². The highest BCUT2D eigenvalue weighted by molar-refractivity contribution is 5.82. The molecule has 2 saturated heterocycles. The van der Waals surface area contributed by atoms with Gasteiger partial charge in [0.2, 0.25) is 5.91 Å². The SMILES string of the molecule is CNCC(CC(c1cnc[nH]1)C1NC(=O)C(CO)C1CC1C(O)C(OC2OCC(O)C(O)C2O)C(C)(CO)C2CCC3(C)C(CC=C4C5CC(C)(CO)CCC5(C(=O)O)C5CNc6nc[nH]c6CC5C43C)C12C)C(N)O. The van der Waals surface area contributed by atoms with Crippen LogP contribution in [0.2, 0.25) is 0 Å². The number of rotatable bonds is 15. The number of nitrogens with one attached hydrogen (secondary N) is 5. The van der Waals surface area contributed by atoms with E-state index < -0.39 is 142 Å². The molecule has 424 valence electrons. The quantitative estimate of drug-likeness (QED) is 0.0666. The summed E-state index contributed by atoms with van der Waals surface area (Å²) >= 11 is 0. The maximum Gasteiger partial charge on any atom is 0.310 e. The van der Waals surface area contributed by atoms with E-state index in [0.29, 0.717) is 76.0 Å². The monoisotopic (exact) mass is 1070 g/mol. The Balaban J connectivity index is 1.15. The molecule has 6 fully saturated rings. The van der Waals surface area contributed by atoms with Crippen molar-refractivity contribution in [1.82, 2.24) is 30.6 Å². The average molecular weight is 1070 g/mol. The number of hydrogen-bond acceptors (Lipinski definition) is 17. The number of carbonyl (C=O) groups excluding carboxylic acids is 1. The van der Waals surface area contributed by atoms with Gasteiger partial charge in [-0.05, 0) is 128 Å². The highest BCUT2D eigenvalue weighted by Crippen LogP contribution is 2.79. The minimum Gasteiger partial charge on any atom is -0.481 e. The molecule has 24 atom stereocenters. The number of nitrogens with two attached hydrogens (primary N) is 1.